The van der Waals surface area contributed by atoms with Crippen LogP contribution in [0.5, 0.6) is 0 Å². The van der Waals surface area contributed by atoms with Gasteiger partial charge in [-0.3, -0.25) is 4.79 Å². The third kappa shape index (κ3) is 3.08. The van der Waals surface area contributed by atoms with Crippen LogP contribution in [0.3, 0.4) is 0 Å². The molecule has 0 heterocycles. The van der Waals surface area contributed by atoms with Gasteiger partial charge in [-0.2, -0.15) is 0 Å². The number of carbonyl (C=O) groups excluding carboxylic acids is 1. The zero-order chi connectivity index (χ0) is 11.4. The minimum Gasteiger partial charge on any atom is -0.481 e. The van der Waals surface area contributed by atoms with Crippen LogP contribution in [0, 0.1) is 5.92 Å². The standard InChI is InChI=1S/C11H16O4/c1-7(2)11(14)15-9-6-4-3-5-8(9)10(12)13/h8-9H,1,3-6H2,2H3,(H,12,13). The predicted molar refractivity (Wildman–Crippen MR) is 54.3 cm³/mol. The van der Waals surface area contributed by atoms with Crippen molar-refractivity contribution < 1.29 is 19.4 Å². The van der Waals surface area contributed by atoms with E-state index in [9.17, 15) is 9.59 Å². The summed E-state index contributed by atoms with van der Waals surface area (Å²) < 4.78 is 5.11. The van der Waals surface area contributed by atoms with E-state index in [1.807, 2.05) is 0 Å². The maximum Gasteiger partial charge on any atom is 0.333 e. The Balaban J connectivity index is 2.61. The fraction of sp³-hybridized carbons (Fsp3) is 0.636. The van der Waals surface area contributed by atoms with Crippen molar-refractivity contribution in [1.82, 2.24) is 0 Å². The van der Waals surface area contributed by atoms with Crippen molar-refractivity contribution in [2.45, 2.75) is 38.7 Å². The minimum atomic E-state index is -0.880. The topological polar surface area (TPSA) is 63.6 Å². The monoisotopic (exact) mass is 212 g/mol. The third-order valence-electron chi connectivity index (χ3n) is 2.63. The van der Waals surface area contributed by atoms with Crippen LogP contribution in [0.15, 0.2) is 12.2 Å². The van der Waals surface area contributed by atoms with Gasteiger partial charge in [-0.05, 0) is 26.2 Å². The van der Waals surface area contributed by atoms with Crippen molar-refractivity contribution in [3.63, 3.8) is 0 Å². The first-order valence-electron chi connectivity index (χ1n) is 5.11. The molecule has 1 aliphatic rings. The van der Waals surface area contributed by atoms with Crippen molar-refractivity contribution in [3.05, 3.63) is 12.2 Å². The highest BCUT2D eigenvalue weighted by Gasteiger charge is 2.33. The first kappa shape index (κ1) is 11.8. The van der Waals surface area contributed by atoms with Gasteiger partial charge >= 0.3 is 11.9 Å². The summed E-state index contributed by atoms with van der Waals surface area (Å²) in [6.07, 6.45) is 2.54. The van der Waals surface area contributed by atoms with Crippen LogP contribution in [0.4, 0.5) is 0 Å². The highest BCUT2D eigenvalue weighted by molar-refractivity contribution is 5.87. The second kappa shape index (κ2) is 4.96. The number of aliphatic carboxylic acids is 1. The van der Waals surface area contributed by atoms with Gasteiger partial charge in [-0.25, -0.2) is 4.79 Å². The number of esters is 1. The zero-order valence-electron chi connectivity index (χ0n) is 8.86. The lowest BCUT2D eigenvalue weighted by molar-refractivity contribution is -0.158. The molecule has 0 amide bonds. The van der Waals surface area contributed by atoms with Crippen LogP contribution in [0.1, 0.15) is 32.6 Å². The Morgan fingerprint density at radius 1 is 1.33 bits per heavy atom. The molecule has 0 aromatic heterocycles. The summed E-state index contributed by atoms with van der Waals surface area (Å²) in [7, 11) is 0. The second-order valence-electron chi connectivity index (χ2n) is 3.95. The van der Waals surface area contributed by atoms with Crippen molar-refractivity contribution in [1.29, 1.82) is 0 Å². The number of rotatable bonds is 3. The molecule has 0 aliphatic heterocycles. The largest absolute Gasteiger partial charge is 0.481 e. The average molecular weight is 212 g/mol. The normalized spacial score (nSPS) is 25.7. The predicted octanol–water partition coefficient (Wildman–Crippen LogP) is 1.75. The number of hydrogen-bond acceptors (Lipinski definition) is 3. The first-order valence-corrected chi connectivity index (χ1v) is 5.11. The second-order valence-corrected chi connectivity index (χ2v) is 3.95. The van der Waals surface area contributed by atoms with E-state index in [1.54, 1.807) is 6.92 Å². The van der Waals surface area contributed by atoms with Crippen LogP contribution in [-0.4, -0.2) is 23.1 Å². The fourth-order valence-corrected chi connectivity index (χ4v) is 1.76. The van der Waals surface area contributed by atoms with Gasteiger partial charge in [0, 0.05) is 5.57 Å². The highest BCUT2D eigenvalue weighted by Crippen LogP contribution is 2.27. The molecule has 2 unspecified atom stereocenters. The van der Waals surface area contributed by atoms with Gasteiger partial charge in [-0.1, -0.05) is 13.0 Å². The minimum absolute atomic E-state index is 0.310. The van der Waals surface area contributed by atoms with E-state index in [2.05, 4.69) is 6.58 Å². The summed E-state index contributed by atoms with van der Waals surface area (Å²) in [5.74, 6) is -1.93. The molecule has 84 valence electrons. The average Bonchev–Trinajstić information content (AvgIpc) is 2.18. The Labute approximate surface area is 88.9 Å². The summed E-state index contributed by atoms with van der Waals surface area (Å²) in [5.41, 5.74) is 0.310. The fourth-order valence-electron chi connectivity index (χ4n) is 1.76. The molecule has 0 bridgehead atoms. The number of carboxylic acids is 1. The van der Waals surface area contributed by atoms with Gasteiger partial charge in [0.25, 0.3) is 0 Å². The molecule has 0 spiro atoms. The molecule has 0 saturated heterocycles. The molecule has 0 aromatic carbocycles. The Kier molecular flexibility index (Phi) is 3.88. The summed E-state index contributed by atoms with van der Waals surface area (Å²) >= 11 is 0. The molecule has 4 heteroatoms. The molecule has 1 fully saturated rings. The summed E-state index contributed by atoms with van der Waals surface area (Å²) in [6, 6.07) is 0. The first-order chi connectivity index (χ1) is 7.02. The lowest BCUT2D eigenvalue weighted by Gasteiger charge is -2.28. The molecule has 1 N–H and O–H groups in total. The Hall–Kier alpha value is -1.32. The summed E-state index contributed by atoms with van der Waals surface area (Å²) in [4.78, 5) is 22.2. The SMILES string of the molecule is C=C(C)C(=O)OC1CCCCC1C(=O)O. The van der Waals surface area contributed by atoms with E-state index in [0.717, 1.165) is 12.8 Å². The summed E-state index contributed by atoms with van der Waals surface area (Å²) in [5, 5.41) is 8.95. The molecule has 1 aliphatic carbocycles. The molecule has 0 aromatic rings. The van der Waals surface area contributed by atoms with Gasteiger partial charge < -0.3 is 9.84 Å². The van der Waals surface area contributed by atoms with Crippen molar-refractivity contribution in [2.24, 2.45) is 5.92 Å². The van der Waals surface area contributed by atoms with Crippen LogP contribution >= 0.6 is 0 Å². The zero-order valence-corrected chi connectivity index (χ0v) is 8.86. The smallest absolute Gasteiger partial charge is 0.333 e. The molecule has 2 atom stereocenters. The van der Waals surface area contributed by atoms with E-state index in [-0.39, 0.29) is 0 Å². The maximum atomic E-state index is 11.3. The maximum absolute atomic E-state index is 11.3. The molecule has 4 nitrogen and oxygen atoms in total. The highest BCUT2D eigenvalue weighted by atomic mass is 16.5. The van der Waals surface area contributed by atoms with Gasteiger partial charge in [-0.15, -0.1) is 0 Å². The third-order valence-corrected chi connectivity index (χ3v) is 2.63. The van der Waals surface area contributed by atoms with E-state index >= 15 is 0 Å². The molecule has 1 rings (SSSR count). The summed E-state index contributed by atoms with van der Waals surface area (Å²) in [6.45, 7) is 5.02. The number of carboxylic acid groups (broad SMARTS) is 1. The molecule has 1 saturated carbocycles. The van der Waals surface area contributed by atoms with Crippen molar-refractivity contribution >= 4 is 11.9 Å². The van der Waals surface area contributed by atoms with E-state index < -0.39 is 24.0 Å². The Morgan fingerprint density at radius 2 is 1.93 bits per heavy atom. The van der Waals surface area contributed by atoms with Crippen LogP contribution in [0.25, 0.3) is 0 Å². The van der Waals surface area contributed by atoms with Crippen molar-refractivity contribution in [3.8, 4) is 0 Å². The lowest BCUT2D eigenvalue weighted by Crippen LogP contribution is -2.35. The Bertz CT molecular complexity index is 282. The molecular weight excluding hydrogens is 196 g/mol. The van der Waals surface area contributed by atoms with Gasteiger partial charge in [0.1, 0.15) is 6.10 Å². The van der Waals surface area contributed by atoms with E-state index in [4.69, 9.17) is 9.84 Å². The number of carbonyl (C=O) groups is 2. The quantitative estimate of drug-likeness (QED) is 0.571. The molecule has 15 heavy (non-hydrogen) atoms. The van der Waals surface area contributed by atoms with Crippen LogP contribution in [0.2, 0.25) is 0 Å². The van der Waals surface area contributed by atoms with Gasteiger partial charge in [0.05, 0.1) is 5.92 Å². The van der Waals surface area contributed by atoms with Gasteiger partial charge in [0.2, 0.25) is 0 Å². The molecular formula is C11H16O4. The van der Waals surface area contributed by atoms with E-state index in [0.29, 0.717) is 18.4 Å². The van der Waals surface area contributed by atoms with Crippen molar-refractivity contribution in [2.75, 3.05) is 0 Å². The number of hydrogen-bond donors (Lipinski definition) is 1. The van der Waals surface area contributed by atoms with Crippen LogP contribution in [-0.2, 0) is 14.3 Å². The van der Waals surface area contributed by atoms with Crippen LogP contribution < -0.4 is 0 Å². The Morgan fingerprint density at radius 3 is 2.47 bits per heavy atom. The molecule has 0 radical (unpaired) electrons. The number of ether oxygens (including phenoxy) is 1. The van der Waals surface area contributed by atoms with Gasteiger partial charge in [0.15, 0.2) is 0 Å². The van der Waals surface area contributed by atoms with E-state index in [1.165, 1.54) is 0 Å². The lowest BCUT2D eigenvalue weighted by atomic mass is 9.86.